The van der Waals surface area contributed by atoms with Crippen LogP contribution in [0, 0.1) is 11.8 Å². The van der Waals surface area contributed by atoms with Crippen LogP contribution in [0.25, 0.3) is 0 Å². The van der Waals surface area contributed by atoms with Crippen LogP contribution in [0.3, 0.4) is 0 Å². The van der Waals surface area contributed by atoms with E-state index in [9.17, 15) is 4.79 Å². The summed E-state index contributed by atoms with van der Waals surface area (Å²) in [5, 5.41) is 0. The Balaban J connectivity index is 1.61. The highest BCUT2D eigenvalue weighted by Gasteiger charge is 2.38. The molecule has 108 valence electrons. The Kier molecular flexibility index (Phi) is 4.08. The highest BCUT2D eigenvalue weighted by atomic mass is 16.2. The fourth-order valence-electron chi connectivity index (χ4n) is 4.23. The Morgan fingerprint density at radius 2 is 1.95 bits per heavy atom. The van der Waals surface area contributed by atoms with Gasteiger partial charge in [-0.3, -0.25) is 9.69 Å². The molecule has 2 heterocycles. The van der Waals surface area contributed by atoms with Crippen LogP contribution in [-0.2, 0) is 4.79 Å². The third kappa shape index (κ3) is 2.65. The van der Waals surface area contributed by atoms with Crippen molar-refractivity contribution in [2.24, 2.45) is 17.6 Å². The molecule has 3 atom stereocenters. The van der Waals surface area contributed by atoms with Crippen LogP contribution in [-0.4, -0.2) is 54.5 Å². The number of rotatable bonds is 2. The second-order valence-electron chi connectivity index (χ2n) is 6.50. The van der Waals surface area contributed by atoms with Crippen molar-refractivity contribution in [2.45, 2.75) is 44.6 Å². The van der Waals surface area contributed by atoms with Gasteiger partial charge in [-0.25, -0.2) is 0 Å². The van der Waals surface area contributed by atoms with Crippen LogP contribution in [0.15, 0.2) is 0 Å². The monoisotopic (exact) mass is 265 g/mol. The van der Waals surface area contributed by atoms with E-state index in [-0.39, 0.29) is 5.92 Å². The Labute approximate surface area is 116 Å². The van der Waals surface area contributed by atoms with Crippen LogP contribution in [0.5, 0.6) is 0 Å². The van der Waals surface area contributed by atoms with E-state index in [2.05, 4.69) is 9.80 Å². The van der Waals surface area contributed by atoms with E-state index in [0.29, 0.717) is 24.4 Å². The number of nitrogens with two attached hydrogens (primary N) is 1. The van der Waals surface area contributed by atoms with E-state index in [1.165, 1.54) is 32.2 Å². The molecular formula is C15H27N3O. The lowest BCUT2D eigenvalue weighted by Crippen LogP contribution is -2.57. The molecule has 0 bridgehead atoms. The summed E-state index contributed by atoms with van der Waals surface area (Å²) >= 11 is 0. The third-order valence-electron chi connectivity index (χ3n) is 5.43. The normalized spacial score (nSPS) is 36.3. The second-order valence-corrected chi connectivity index (χ2v) is 6.50. The number of amides is 1. The predicted octanol–water partition coefficient (Wildman–Crippen LogP) is 1.06. The summed E-state index contributed by atoms with van der Waals surface area (Å²) in [6.07, 6.45) is 7.33. The van der Waals surface area contributed by atoms with Gasteiger partial charge in [-0.05, 0) is 44.7 Å². The molecule has 0 spiro atoms. The number of carbonyl (C=O) groups excluding carboxylic acids is 1. The molecule has 0 aromatic rings. The van der Waals surface area contributed by atoms with Crippen molar-refractivity contribution in [3.63, 3.8) is 0 Å². The van der Waals surface area contributed by atoms with E-state index in [1.807, 2.05) is 0 Å². The van der Waals surface area contributed by atoms with E-state index in [1.54, 1.807) is 0 Å². The van der Waals surface area contributed by atoms with E-state index in [0.717, 1.165) is 32.5 Å². The van der Waals surface area contributed by atoms with Crippen molar-refractivity contribution in [3.05, 3.63) is 0 Å². The van der Waals surface area contributed by atoms with Gasteiger partial charge in [-0.15, -0.1) is 0 Å². The number of carbonyl (C=O) groups is 1. The molecule has 0 aromatic carbocycles. The lowest BCUT2D eigenvalue weighted by Gasteiger charge is -2.44. The number of piperidine rings is 1. The van der Waals surface area contributed by atoms with Gasteiger partial charge in [0.1, 0.15) is 0 Å². The van der Waals surface area contributed by atoms with Gasteiger partial charge in [-0.1, -0.05) is 12.8 Å². The van der Waals surface area contributed by atoms with Gasteiger partial charge in [0.15, 0.2) is 0 Å². The molecule has 3 unspecified atom stereocenters. The molecule has 3 fully saturated rings. The average molecular weight is 265 g/mol. The lowest BCUT2D eigenvalue weighted by molar-refractivity contribution is -0.140. The van der Waals surface area contributed by atoms with Gasteiger partial charge in [-0.2, -0.15) is 0 Å². The molecule has 2 N–H and O–H groups in total. The van der Waals surface area contributed by atoms with Crippen molar-refractivity contribution in [3.8, 4) is 0 Å². The first kappa shape index (κ1) is 13.4. The summed E-state index contributed by atoms with van der Waals surface area (Å²) in [5.41, 5.74) is 5.82. The lowest BCUT2D eigenvalue weighted by atomic mass is 9.93. The molecule has 0 radical (unpaired) electrons. The van der Waals surface area contributed by atoms with Gasteiger partial charge in [0.05, 0.1) is 0 Å². The summed E-state index contributed by atoms with van der Waals surface area (Å²) in [7, 11) is 0. The Morgan fingerprint density at radius 1 is 1.05 bits per heavy atom. The van der Waals surface area contributed by atoms with Crippen molar-refractivity contribution < 1.29 is 4.79 Å². The van der Waals surface area contributed by atoms with Crippen LogP contribution in [0.1, 0.15) is 38.5 Å². The zero-order valence-corrected chi connectivity index (χ0v) is 11.9. The standard InChI is InChI=1S/C15H27N3O/c16-10-12-4-3-6-14(12)15(19)18-9-8-17-7-2-1-5-13(17)11-18/h12-14H,1-11,16H2. The van der Waals surface area contributed by atoms with Crippen molar-refractivity contribution in [2.75, 3.05) is 32.7 Å². The van der Waals surface area contributed by atoms with Gasteiger partial charge >= 0.3 is 0 Å². The van der Waals surface area contributed by atoms with Gasteiger partial charge in [0.25, 0.3) is 0 Å². The number of hydrogen-bond donors (Lipinski definition) is 1. The highest BCUT2D eigenvalue weighted by molar-refractivity contribution is 5.79. The molecule has 3 rings (SSSR count). The van der Waals surface area contributed by atoms with Crippen LogP contribution in [0.2, 0.25) is 0 Å². The minimum Gasteiger partial charge on any atom is -0.340 e. The second kappa shape index (κ2) is 5.80. The zero-order chi connectivity index (χ0) is 13.2. The first-order chi connectivity index (χ1) is 9.29. The average Bonchev–Trinajstić information content (AvgIpc) is 2.94. The Hall–Kier alpha value is -0.610. The summed E-state index contributed by atoms with van der Waals surface area (Å²) in [6, 6.07) is 0.629. The molecule has 3 aliphatic rings. The summed E-state index contributed by atoms with van der Waals surface area (Å²) in [4.78, 5) is 17.4. The molecule has 19 heavy (non-hydrogen) atoms. The van der Waals surface area contributed by atoms with Crippen molar-refractivity contribution in [1.29, 1.82) is 0 Å². The topological polar surface area (TPSA) is 49.6 Å². The summed E-state index contributed by atoms with van der Waals surface area (Å²) < 4.78 is 0. The molecule has 4 nitrogen and oxygen atoms in total. The van der Waals surface area contributed by atoms with Crippen LogP contribution < -0.4 is 5.73 Å². The van der Waals surface area contributed by atoms with E-state index in [4.69, 9.17) is 5.73 Å². The summed E-state index contributed by atoms with van der Waals surface area (Å²) in [5.74, 6) is 1.06. The van der Waals surface area contributed by atoms with Gasteiger partial charge < -0.3 is 10.6 Å². The number of piperazine rings is 1. The SMILES string of the molecule is NCC1CCCC1C(=O)N1CCN2CCCCC2C1. The van der Waals surface area contributed by atoms with Crippen LogP contribution >= 0.6 is 0 Å². The molecule has 1 aliphatic carbocycles. The molecule has 0 aromatic heterocycles. The summed E-state index contributed by atoms with van der Waals surface area (Å²) in [6.45, 7) is 4.90. The van der Waals surface area contributed by atoms with E-state index < -0.39 is 0 Å². The van der Waals surface area contributed by atoms with Crippen molar-refractivity contribution >= 4 is 5.91 Å². The molecule has 1 amide bonds. The smallest absolute Gasteiger partial charge is 0.226 e. The largest absolute Gasteiger partial charge is 0.340 e. The maximum Gasteiger partial charge on any atom is 0.226 e. The molecule has 2 saturated heterocycles. The molecule has 4 heteroatoms. The fourth-order valence-corrected chi connectivity index (χ4v) is 4.23. The minimum atomic E-state index is 0.222. The predicted molar refractivity (Wildman–Crippen MR) is 75.7 cm³/mol. The van der Waals surface area contributed by atoms with Gasteiger partial charge in [0.2, 0.25) is 5.91 Å². The number of hydrogen-bond acceptors (Lipinski definition) is 3. The van der Waals surface area contributed by atoms with Gasteiger partial charge in [0, 0.05) is 31.6 Å². The zero-order valence-electron chi connectivity index (χ0n) is 11.9. The van der Waals surface area contributed by atoms with Crippen LogP contribution in [0.4, 0.5) is 0 Å². The minimum absolute atomic E-state index is 0.222. The molecule has 1 saturated carbocycles. The maximum atomic E-state index is 12.7. The number of nitrogens with zero attached hydrogens (tertiary/aromatic N) is 2. The maximum absolute atomic E-state index is 12.7. The number of fused-ring (bicyclic) bond motifs is 1. The van der Waals surface area contributed by atoms with E-state index >= 15 is 0 Å². The highest BCUT2D eigenvalue weighted by Crippen LogP contribution is 2.33. The fraction of sp³-hybridized carbons (Fsp3) is 0.933. The Bertz CT molecular complexity index is 333. The molecular weight excluding hydrogens is 238 g/mol. The van der Waals surface area contributed by atoms with Crippen molar-refractivity contribution in [1.82, 2.24) is 9.80 Å². The quantitative estimate of drug-likeness (QED) is 0.812. The first-order valence-electron chi connectivity index (χ1n) is 8.02. The first-order valence-corrected chi connectivity index (χ1v) is 8.02. The third-order valence-corrected chi connectivity index (χ3v) is 5.43. The Morgan fingerprint density at radius 3 is 2.79 bits per heavy atom. The molecule has 2 aliphatic heterocycles.